The van der Waals surface area contributed by atoms with E-state index in [1.165, 1.54) is 12.1 Å². The van der Waals surface area contributed by atoms with E-state index < -0.39 is 33.5 Å². The number of alkyl halides is 2. The molecular weight excluding hydrogens is 401 g/mol. The SMILES string of the molecule is Cc1nc2cc(F)cc([C@@H](C)N[S@](=O)C(C)(C)C)c2nc1N1CCC(F)(F)CC1. The molecule has 1 N–H and O–H groups in total. The van der Waals surface area contributed by atoms with Crippen molar-refractivity contribution in [1.82, 2.24) is 14.7 Å². The van der Waals surface area contributed by atoms with E-state index in [-0.39, 0.29) is 25.9 Å². The summed E-state index contributed by atoms with van der Waals surface area (Å²) in [5.74, 6) is -2.58. The van der Waals surface area contributed by atoms with E-state index in [4.69, 9.17) is 4.98 Å². The Bertz CT molecular complexity index is 935. The van der Waals surface area contributed by atoms with Crippen LogP contribution in [0.5, 0.6) is 0 Å². The van der Waals surface area contributed by atoms with Gasteiger partial charge in [0.15, 0.2) is 5.82 Å². The minimum absolute atomic E-state index is 0.187. The quantitative estimate of drug-likeness (QED) is 0.783. The summed E-state index contributed by atoms with van der Waals surface area (Å²) < 4.78 is 56.3. The Morgan fingerprint density at radius 3 is 2.41 bits per heavy atom. The van der Waals surface area contributed by atoms with Gasteiger partial charge in [-0.1, -0.05) is 0 Å². The molecular formula is C20H27F3N4OS. The van der Waals surface area contributed by atoms with Gasteiger partial charge in [-0.2, -0.15) is 0 Å². The average molecular weight is 429 g/mol. The van der Waals surface area contributed by atoms with E-state index in [0.29, 0.717) is 28.1 Å². The first kappa shape index (κ1) is 22.0. The molecule has 5 nitrogen and oxygen atoms in total. The van der Waals surface area contributed by atoms with E-state index in [1.807, 2.05) is 20.8 Å². The number of piperidine rings is 1. The Balaban J connectivity index is 2.01. The number of nitrogens with one attached hydrogen (secondary N) is 1. The zero-order valence-electron chi connectivity index (χ0n) is 17.4. The molecule has 3 rings (SSSR count). The maximum absolute atomic E-state index is 14.2. The van der Waals surface area contributed by atoms with Gasteiger partial charge in [0.1, 0.15) is 5.82 Å². The Labute approximate surface area is 171 Å². The number of halogens is 3. The minimum atomic E-state index is -2.65. The lowest BCUT2D eigenvalue weighted by molar-refractivity contribution is -0.0221. The molecule has 1 fully saturated rings. The molecule has 0 saturated carbocycles. The third kappa shape index (κ3) is 4.88. The largest absolute Gasteiger partial charge is 0.355 e. The number of benzene rings is 1. The van der Waals surface area contributed by atoms with Crippen LogP contribution in [-0.2, 0) is 11.0 Å². The predicted octanol–water partition coefficient (Wildman–Crippen LogP) is 4.43. The van der Waals surface area contributed by atoms with Crippen molar-refractivity contribution in [1.29, 1.82) is 0 Å². The van der Waals surface area contributed by atoms with Gasteiger partial charge in [0, 0.05) is 43.6 Å². The summed E-state index contributed by atoms with van der Waals surface area (Å²) in [6, 6.07) is 2.22. The second kappa shape index (κ2) is 7.83. The van der Waals surface area contributed by atoms with Gasteiger partial charge >= 0.3 is 0 Å². The highest BCUT2D eigenvalue weighted by Gasteiger charge is 2.35. The number of rotatable bonds is 4. The van der Waals surface area contributed by atoms with Crippen LogP contribution >= 0.6 is 0 Å². The van der Waals surface area contributed by atoms with Crippen molar-refractivity contribution in [2.75, 3.05) is 18.0 Å². The van der Waals surface area contributed by atoms with Crippen molar-refractivity contribution in [2.24, 2.45) is 0 Å². The van der Waals surface area contributed by atoms with E-state index in [9.17, 15) is 17.4 Å². The highest BCUT2D eigenvalue weighted by Crippen LogP contribution is 2.33. The number of anilines is 1. The molecule has 0 spiro atoms. The first-order chi connectivity index (χ1) is 13.4. The molecule has 0 amide bonds. The fourth-order valence-corrected chi connectivity index (χ4v) is 4.11. The molecule has 0 bridgehead atoms. The van der Waals surface area contributed by atoms with E-state index in [2.05, 4.69) is 9.71 Å². The molecule has 2 atom stereocenters. The highest BCUT2D eigenvalue weighted by molar-refractivity contribution is 7.84. The summed E-state index contributed by atoms with van der Waals surface area (Å²) in [6.45, 7) is 9.45. The zero-order chi connectivity index (χ0) is 21.6. The van der Waals surface area contributed by atoms with Crippen molar-refractivity contribution < 1.29 is 17.4 Å². The first-order valence-corrected chi connectivity index (χ1v) is 10.8. The lowest BCUT2D eigenvalue weighted by Gasteiger charge is -2.33. The van der Waals surface area contributed by atoms with Crippen molar-refractivity contribution in [3.05, 3.63) is 29.2 Å². The van der Waals surface area contributed by atoms with Gasteiger partial charge in [0.05, 0.1) is 32.5 Å². The van der Waals surface area contributed by atoms with Gasteiger partial charge in [-0.05, 0) is 40.7 Å². The van der Waals surface area contributed by atoms with Gasteiger partial charge < -0.3 is 4.90 Å². The van der Waals surface area contributed by atoms with Crippen molar-refractivity contribution in [2.45, 2.75) is 64.2 Å². The number of aryl methyl sites for hydroxylation is 1. The Hall–Kier alpha value is -1.74. The minimum Gasteiger partial charge on any atom is -0.355 e. The van der Waals surface area contributed by atoms with Crippen molar-refractivity contribution in [3.63, 3.8) is 0 Å². The van der Waals surface area contributed by atoms with Crippen molar-refractivity contribution in [3.8, 4) is 0 Å². The van der Waals surface area contributed by atoms with Crippen LogP contribution in [0.2, 0.25) is 0 Å². The summed E-state index contributed by atoms with van der Waals surface area (Å²) in [6.07, 6.45) is -0.462. The third-order valence-electron chi connectivity index (χ3n) is 5.01. The van der Waals surface area contributed by atoms with Gasteiger partial charge in [-0.3, -0.25) is 0 Å². The fraction of sp³-hybridized carbons (Fsp3) is 0.600. The highest BCUT2D eigenvalue weighted by atomic mass is 32.2. The molecule has 29 heavy (non-hydrogen) atoms. The summed E-state index contributed by atoms with van der Waals surface area (Å²) in [7, 11) is -1.35. The summed E-state index contributed by atoms with van der Waals surface area (Å²) in [5.41, 5.74) is 1.97. The number of hydrogen-bond acceptors (Lipinski definition) is 4. The summed E-state index contributed by atoms with van der Waals surface area (Å²) in [5, 5.41) is 0. The second-order valence-electron chi connectivity index (χ2n) is 8.56. The van der Waals surface area contributed by atoms with Crippen LogP contribution in [0.4, 0.5) is 19.0 Å². The van der Waals surface area contributed by atoms with Crippen LogP contribution < -0.4 is 9.62 Å². The van der Waals surface area contributed by atoms with E-state index in [0.717, 1.165) is 0 Å². The number of fused-ring (bicyclic) bond motifs is 1. The normalized spacial score (nSPS) is 19.4. The first-order valence-electron chi connectivity index (χ1n) is 9.66. The number of nitrogens with zero attached hydrogens (tertiary/aromatic N) is 3. The Morgan fingerprint density at radius 2 is 1.83 bits per heavy atom. The average Bonchev–Trinajstić information content (AvgIpc) is 2.60. The maximum atomic E-state index is 14.2. The third-order valence-corrected chi connectivity index (χ3v) is 6.69. The van der Waals surface area contributed by atoms with Gasteiger partial charge in [0.2, 0.25) is 0 Å². The van der Waals surface area contributed by atoms with Gasteiger partial charge in [-0.25, -0.2) is 32.1 Å². The molecule has 1 aromatic carbocycles. The molecule has 0 unspecified atom stereocenters. The van der Waals surface area contributed by atoms with E-state index >= 15 is 0 Å². The topological polar surface area (TPSA) is 58.1 Å². The molecule has 2 heterocycles. The zero-order valence-corrected chi connectivity index (χ0v) is 18.2. The molecule has 2 aromatic rings. The number of aromatic nitrogens is 2. The smallest absolute Gasteiger partial charge is 0.251 e. The molecule has 160 valence electrons. The van der Waals surface area contributed by atoms with E-state index in [1.54, 1.807) is 18.7 Å². The Morgan fingerprint density at radius 1 is 1.21 bits per heavy atom. The van der Waals surface area contributed by atoms with Crippen LogP contribution in [0, 0.1) is 12.7 Å². The monoisotopic (exact) mass is 428 g/mol. The molecule has 1 saturated heterocycles. The molecule has 1 aromatic heterocycles. The molecule has 9 heteroatoms. The van der Waals surface area contributed by atoms with Crippen LogP contribution in [0.15, 0.2) is 12.1 Å². The van der Waals surface area contributed by atoms with Crippen LogP contribution in [0.1, 0.15) is 57.8 Å². The Kier molecular flexibility index (Phi) is 5.93. The standard InChI is InChI=1S/C20H27F3N4OS/c1-12(26-29(28)19(3,4)5)15-10-14(21)11-16-17(15)25-18(13(2)24-16)27-8-6-20(22,23)7-9-27/h10-12,26H,6-9H2,1-5H3/t12-,29-/m1/s1. The number of hydrogen-bond donors (Lipinski definition) is 1. The van der Waals surface area contributed by atoms with Gasteiger partial charge in [0.25, 0.3) is 5.92 Å². The second-order valence-corrected chi connectivity index (χ2v) is 10.6. The van der Waals surface area contributed by atoms with Crippen LogP contribution in [-0.4, -0.2) is 37.9 Å². The van der Waals surface area contributed by atoms with Crippen LogP contribution in [0.3, 0.4) is 0 Å². The fourth-order valence-electron chi connectivity index (χ4n) is 3.31. The molecule has 0 radical (unpaired) electrons. The molecule has 0 aliphatic carbocycles. The lowest BCUT2D eigenvalue weighted by Crippen LogP contribution is -2.40. The van der Waals surface area contributed by atoms with Gasteiger partial charge in [-0.15, -0.1) is 0 Å². The maximum Gasteiger partial charge on any atom is 0.251 e. The molecule has 1 aliphatic heterocycles. The van der Waals surface area contributed by atoms with Crippen LogP contribution in [0.25, 0.3) is 11.0 Å². The molecule has 1 aliphatic rings. The summed E-state index contributed by atoms with van der Waals surface area (Å²) >= 11 is 0. The predicted molar refractivity (Wildman–Crippen MR) is 110 cm³/mol. The lowest BCUT2D eigenvalue weighted by atomic mass is 10.1. The summed E-state index contributed by atoms with van der Waals surface area (Å²) in [4.78, 5) is 11.0. The van der Waals surface area contributed by atoms with Crippen molar-refractivity contribution >= 4 is 27.8 Å².